The number of carboxylic acids is 1. The molecule has 1 aromatic carbocycles. The molecule has 0 spiro atoms. The summed E-state index contributed by atoms with van der Waals surface area (Å²) in [4.78, 5) is 11.2. The smallest absolute Gasteiger partial charge is 0.335 e. The third-order valence-corrected chi connectivity index (χ3v) is 7.10. The number of carbonyl (C=O) groups is 1. The zero-order valence-corrected chi connectivity index (χ0v) is 14.3. The summed E-state index contributed by atoms with van der Waals surface area (Å²) in [5.41, 5.74) is -0.121. The Kier molecular flexibility index (Phi) is 4.41. The van der Waals surface area contributed by atoms with Crippen molar-refractivity contribution < 1.29 is 28.2 Å². The topological polar surface area (TPSA) is 104 Å². The summed E-state index contributed by atoms with van der Waals surface area (Å²) < 4.78 is 32.9. The highest BCUT2D eigenvalue weighted by Crippen LogP contribution is 2.43. The standard InChI is InChI=1S/C16H21NO6S/c1-11-2-3-12(15(19)20)6-14(11)24(21,22)17-7-13-4-5-23-10-16(13,8-17)9-18/h2-3,6,13,18H,4-5,7-10H2,1H3,(H,19,20)/t13-,16+/m0/s1. The maximum atomic E-state index is 13.0. The molecule has 0 amide bonds. The van der Waals surface area contributed by atoms with Crippen molar-refractivity contribution in [3.63, 3.8) is 0 Å². The molecule has 0 aromatic heterocycles. The van der Waals surface area contributed by atoms with Crippen LogP contribution in [-0.4, -0.2) is 61.8 Å². The van der Waals surface area contributed by atoms with Gasteiger partial charge in [0.05, 0.1) is 23.7 Å². The van der Waals surface area contributed by atoms with Gasteiger partial charge in [-0.05, 0) is 37.0 Å². The number of carboxylic acid groups (broad SMARTS) is 1. The van der Waals surface area contributed by atoms with Crippen molar-refractivity contribution in [2.24, 2.45) is 11.3 Å². The lowest BCUT2D eigenvalue weighted by atomic mass is 9.76. The van der Waals surface area contributed by atoms with Crippen LogP contribution in [0.5, 0.6) is 0 Å². The number of hydrogen-bond donors (Lipinski definition) is 2. The number of sulfonamides is 1. The molecule has 8 heteroatoms. The predicted octanol–water partition coefficient (Wildman–Crippen LogP) is 0.713. The van der Waals surface area contributed by atoms with Gasteiger partial charge in [0, 0.05) is 25.1 Å². The third kappa shape index (κ3) is 2.73. The third-order valence-electron chi connectivity index (χ3n) is 5.15. The minimum Gasteiger partial charge on any atom is -0.478 e. The maximum Gasteiger partial charge on any atom is 0.335 e. The van der Waals surface area contributed by atoms with Crippen LogP contribution >= 0.6 is 0 Å². The number of rotatable bonds is 4. The van der Waals surface area contributed by atoms with Gasteiger partial charge in [-0.3, -0.25) is 0 Å². The molecule has 2 saturated heterocycles. The summed E-state index contributed by atoms with van der Waals surface area (Å²) in [5.74, 6) is -1.12. The van der Waals surface area contributed by atoms with Crippen molar-refractivity contribution in [1.82, 2.24) is 4.31 Å². The maximum absolute atomic E-state index is 13.0. The fourth-order valence-electron chi connectivity index (χ4n) is 3.60. The molecule has 2 aliphatic rings. The van der Waals surface area contributed by atoms with Crippen molar-refractivity contribution in [1.29, 1.82) is 0 Å². The minimum absolute atomic E-state index is 0.00931. The van der Waals surface area contributed by atoms with Gasteiger partial charge in [0.2, 0.25) is 10.0 Å². The molecule has 0 aliphatic carbocycles. The normalized spacial score (nSPS) is 27.8. The predicted molar refractivity (Wildman–Crippen MR) is 85.3 cm³/mol. The number of aliphatic hydroxyl groups excluding tert-OH is 1. The van der Waals surface area contributed by atoms with Crippen molar-refractivity contribution in [2.45, 2.75) is 18.2 Å². The van der Waals surface area contributed by atoms with E-state index in [1.165, 1.54) is 22.5 Å². The Morgan fingerprint density at radius 2 is 2.21 bits per heavy atom. The largest absolute Gasteiger partial charge is 0.478 e. The van der Waals surface area contributed by atoms with Crippen LogP contribution in [0.1, 0.15) is 22.3 Å². The number of nitrogens with zero attached hydrogens (tertiary/aromatic N) is 1. The lowest BCUT2D eigenvalue weighted by Crippen LogP contribution is -2.43. The Morgan fingerprint density at radius 3 is 2.83 bits per heavy atom. The fraction of sp³-hybridized carbons (Fsp3) is 0.562. The van der Waals surface area contributed by atoms with Gasteiger partial charge >= 0.3 is 5.97 Å². The molecule has 0 unspecified atom stereocenters. The van der Waals surface area contributed by atoms with Crippen LogP contribution in [0.15, 0.2) is 23.1 Å². The van der Waals surface area contributed by atoms with Crippen LogP contribution in [0.25, 0.3) is 0 Å². The van der Waals surface area contributed by atoms with Crippen molar-refractivity contribution >= 4 is 16.0 Å². The van der Waals surface area contributed by atoms with Gasteiger partial charge < -0.3 is 14.9 Å². The van der Waals surface area contributed by atoms with Gasteiger partial charge in [0.15, 0.2) is 0 Å². The number of benzene rings is 1. The van der Waals surface area contributed by atoms with E-state index in [2.05, 4.69) is 0 Å². The zero-order chi connectivity index (χ0) is 17.5. The Balaban J connectivity index is 1.97. The Hall–Kier alpha value is -1.48. The van der Waals surface area contributed by atoms with Gasteiger partial charge in [-0.15, -0.1) is 0 Å². The first kappa shape index (κ1) is 17.3. The van der Waals surface area contributed by atoms with Gasteiger partial charge in [-0.2, -0.15) is 4.31 Å². The molecule has 7 nitrogen and oxygen atoms in total. The number of aliphatic hydroxyl groups is 1. The first-order valence-corrected chi connectivity index (χ1v) is 9.27. The number of aromatic carboxylic acids is 1. The number of aryl methyl sites for hydroxylation is 1. The van der Waals surface area contributed by atoms with E-state index < -0.39 is 21.4 Å². The molecule has 2 heterocycles. The summed E-state index contributed by atoms with van der Waals surface area (Å²) in [5, 5.41) is 18.9. The molecule has 2 N–H and O–H groups in total. The Bertz CT molecular complexity index is 762. The Morgan fingerprint density at radius 1 is 1.46 bits per heavy atom. The summed E-state index contributed by atoms with van der Waals surface area (Å²) in [6.07, 6.45) is 0.709. The SMILES string of the molecule is Cc1ccc(C(=O)O)cc1S(=O)(=O)N1C[C@@H]2CCOC[C@]2(CO)C1. The zero-order valence-electron chi connectivity index (χ0n) is 13.4. The highest BCUT2D eigenvalue weighted by atomic mass is 32.2. The molecule has 0 radical (unpaired) electrons. The van der Waals surface area contributed by atoms with E-state index in [9.17, 15) is 18.3 Å². The molecule has 0 bridgehead atoms. The highest BCUT2D eigenvalue weighted by Gasteiger charge is 2.51. The fourth-order valence-corrected chi connectivity index (χ4v) is 5.44. The van der Waals surface area contributed by atoms with Crippen LogP contribution in [0.4, 0.5) is 0 Å². The molecule has 24 heavy (non-hydrogen) atoms. The molecule has 2 atom stereocenters. The molecular formula is C16H21NO6S. The first-order valence-electron chi connectivity index (χ1n) is 7.83. The Labute approximate surface area is 140 Å². The second-order valence-corrected chi connectivity index (χ2v) is 8.55. The van der Waals surface area contributed by atoms with E-state index in [1.807, 2.05) is 0 Å². The van der Waals surface area contributed by atoms with Crippen molar-refractivity contribution in [2.75, 3.05) is 32.9 Å². The summed E-state index contributed by atoms with van der Waals surface area (Å²) in [6.45, 7) is 2.93. The van der Waals surface area contributed by atoms with Crippen LogP contribution < -0.4 is 0 Å². The quantitative estimate of drug-likeness (QED) is 0.824. The number of fused-ring (bicyclic) bond motifs is 1. The second kappa shape index (κ2) is 6.11. The minimum atomic E-state index is -3.83. The first-order chi connectivity index (χ1) is 11.3. The summed E-state index contributed by atoms with van der Waals surface area (Å²) in [6, 6.07) is 4.10. The molecule has 2 aliphatic heterocycles. The summed E-state index contributed by atoms with van der Waals surface area (Å²) in [7, 11) is -3.83. The summed E-state index contributed by atoms with van der Waals surface area (Å²) >= 11 is 0. The van der Waals surface area contributed by atoms with E-state index in [1.54, 1.807) is 6.92 Å². The van der Waals surface area contributed by atoms with Gasteiger partial charge in [-0.1, -0.05) is 6.07 Å². The van der Waals surface area contributed by atoms with Crippen LogP contribution in [0.3, 0.4) is 0 Å². The van der Waals surface area contributed by atoms with Crippen LogP contribution in [-0.2, 0) is 14.8 Å². The van der Waals surface area contributed by atoms with E-state index >= 15 is 0 Å². The molecule has 132 valence electrons. The van der Waals surface area contributed by atoms with Gasteiger partial charge in [0.25, 0.3) is 0 Å². The number of ether oxygens (including phenoxy) is 1. The van der Waals surface area contributed by atoms with Gasteiger partial charge in [-0.25, -0.2) is 13.2 Å². The van der Waals surface area contributed by atoms with Crippen molar-refractivity contribution in [3.8, 4) is 0 Å². The van der Waals surface area contributed by atoms with Crippen LogP contribution in [0, 0.1) is 18.3 Å². The van der Waals surface area contributed by atoms with Gasteiger partial charge in [0.1, 0.15) is 0 Å². The second-order valence-electron chi connectivity index (χ2n) is 6.64. The molecule has 0 saturated carbocycles. The van der Waals surface area contributed by atoms with E-state index in [0.29, 0.717) is 31.7 Å². The molecular weight excluding hydrogens is 334 g/mol. The lowest BCUT2D eigenvalue weighted by Gasteiger charge is -2.36. The average molecular weight is 355 g/mol. The van der Waals surface area contributed by atoms with E-state index in [0.717, 1.165) is 0 Å². The molecule has 1 aromatic rings. The molecule has 2 fully saturated rings. The van der Waals surface area contributed by atoms with Crippen molar-refractivity contribution in [3.05, 3.63) is 29.3 Å². The monoisotopic (exact) mass is 355 g/mol. The van der Waals surface area contributed by atoms with Crippen LogP contribution in [0.2, 0.25) is 0 Å². The average Bonchev–Trinajstić information content (AvgIpc) is 2.96. The van der Waals surface area contributed by atoms with E-state index in [4.69, 9.17) is 9.84 Å². The molecule has 3 rings (SSSR count). The highest BCUT2D eigenvalue weighted by molar-refractivity contribution is 7.89. The number of hydrogen-bond acceptors (Lipinski definition) is 5. The van der Waals surface area contributed by atoms with E-state index in [-0.39, 0.29) is 29.5 Å². The lowest BCUT2D eigenvalue weighted by molar-refractivity contribution is -0.0552.